The first kappa shape index (κ1) is 10.4. The summed E-state index contributed by atoms with van der Waals surface area (Å²) in [6, 6.07) is 6.67. The van der Waals surface area contributed by atoms with Gasteiger partial charge in [-0.25, -0.2) is 4.39 Å². The molecule has 0 bridgehead atoms. The van der Waals surface area contributed by atoms with E-state index in [1.807, 2.05) is 0 Å². The van der Waals surface area contributed by atoms with Gasteiger partial charge in [0.15, 0.2) is 0 Å². The Labute approximate surface area is 89.1 Å². The lowest BCUT2D eigenvalue weighted by Gasteiger charge is -2.27. The standard InChI is InChI=1S/C12H16FNO/c1-12(13,9-6-7-14-8-9)10-4-2-3-5-11(10)15/h2-5,9,14-15H,6-8H2,1H3. The molecule has 1 fully saturated rings. The van der Waals surface area contributed by atoms with Crippen molar-refractivity contribution in [2.75, 3.05) is 13.1 Å². The average Bonchev–Trinajstić information content (AvgIpc) is 2.71. The van der Waals surface area contributed by atoms with E-state index in [2.05, 4.69) is 5.32 Å². The number of rotatable bonds is 2. The molecule has 0 aromatic heterocycles. The highest BCUT2D eigenvalue weighted by Gasteiger charge is 2.39. The van der Waals surface area contributed by atoms with Crippen LogP contribution in [-0.2, 0) is 5.67 Å². The number of nitrogens with one attached hydrogen (secondary N) is 1. The summed E-state index contributed by atoms with van der Waals surface area (Å²) in [6.45, 7) is 3.10. The second-order valence-electron chi connectivity index (χ2n) is 4.28. The van der Waals surface area contributed by atoms with E-state index in [0.717, 1.165) is 13.0 Å². The molecule has 0 saturated carbocycles. The molecule has 82 valence electrons. The van der Waals surface area contributed by atoms with Crippen LogP contribution in [0, 0.1) is 5.92 Å². The molecule has 0 spiro atoms. The summed E-state index contributed by atoms with van der Waals surface area (Å²) in [6.07, 6.45) is 0.821. The average molecular weight is 209 g/mol. The molecule has 2 N–H and O–H groups in total. The minimum atomic E-state index is -1.45. The van der Waals surface area contributed by atoms with Crippen molar-refractivity contribution in [1.29, 1.82) is 0 Å². The molecule has 0 radical (unpaired) electrons. The maximum absolute atomic E-state index is 14.6. The Morgan fingerprint density at radius 2 is 2.20 bits per heavy atom. The van der Waals surface area contributed by atoms with Gasteiger partial charge in [-0.2, -0.15) is 0 Å². The van der Waals surface area contributed by atoms with Gasteiger partial charge in [0, 0.05) is 18.0 Å². The van der Waals surface area contributed by atoms with Gasteiger partial charge in [-0.05, 0) is 26.0 Å². The second kappa shape index (κ2) is 3.81. The number of hydrogen-bond donors (Lipinski definition) is 2. The molecule has 3 heteroatoms. The lowest BCUT2D eigenvalue weighted by Crippen LogP contribution is -2.29. The normalized spacial score (nSPS) is 25.1. The zero-order valence-electron chi connectivity index (χ0n) is 8.83. The highest BCUT2D eigenvalue weighted by atomic mass is 19.1. The zero-order valence-corrected chi connectivity index (χ0v) is 8.83. The summed E-state index contributed by atoms with van der Waals surface area (Å²) in [5.41, 5.74) is -1.05. The van der Waals surface area contributed by atoms with Gasteiger partial charge < -0.3 is 10.4 Å². The molecule has 0 aliphatic carbocycles. The van der Waals surface area contributed by atoms with Crippen molar-refractivity contribution in [2.45, 2.75) is 19.0 Å². The van der Waals surface area contributed by atoms with E-state index in [-0.39, 0.29) is 11.7 Å². The largest absolute Gasteiger partial charge is 0.508 e. The summed E-state index contributed by atoms with van der Waals surface area (Å²) in [4.78, 5) is 0. The third-order valence-electron chi connectivity index (χ3n) is 3.26. The smallest absolute Gasteiger partial charge is 0.140 e. The molecule has 1 aromatic rings. The van der Waals surface area contributed by atoms with E-state index in [9.17, 15) is 9.50 Å². The SMILES string of the molecule is CC(F)(c1ccccc1O)C1CCNC1. The van der Waals surface area contributed by atoms with Crippen molar-refractivity contribution >= 4 is 0 Å². The molecule has 1 aliphatic heterocycles. The molecule has 1 aromatic carbocycles. The van der Waals surface area contributed by atoms with Gasteiger partial charge in [-0.1, -0.05) is 18.2 Å². The van der Waals surface area contributed by atoms with Crippen LogP contribution >= 0.6 is 0 Å². The summed E-state index contributed by atoms with van der Waals surface area (Å²) in [7, 11) is 0. The van der Waals surface area contributed by atoms with Crippen LogP contribution in [0.1, 0.15) is 18.9 Å². The summed E-state index contributed by atoms with van der Waals surface area (Å²) >= 11 is 0. The third kappa shape index (κ3) is 1.84. The van der Waals surface area contributed by atoms with Crippen LogP contribution in [0.5, 0.6) is 5.75 Å². The number of aromatic hydroxyl groups is 1. The van der Waals surface area contributed by atoms with Crippen molar-refractivity contribution < 1.29 is 9.50 Å². The van der Waals surface area contributed by atoms with Gasteiger partial charge >= 0.3 is 0 Å². The molecular weight excluding hydrogens is 193 g/mol. The number of para-hydroxylation sites is 1. The molecule has 1 aliphatic rings. The monoisotopic (exact) mass is 209 g/mol. The minimum Gasteiger partial charge on any atom is -0.508 e. The quantitative estimate of drug-likeness (QED) is 0.782. The molecule has 2 unspecified atom stereocenters. The predicted molar refractivity (Wildman–Crippen MR) is 57.5 cm³/mol. The first-order valence-corrected chi connectivity index (χ1v) is 5.30. The van der Waals surface area contributed by atoms with Crippen LogP contribution < -0.4 is 5.32 Å². The van der Waals surface area contributed by atoms with Crippen molar-refractivity contribution in [3.05, 3.63) is 29.8 Å². The van der Waals surface area contributed by atoms with Crippen LogP contribution in [0.25, 0.3) is 0 Å². The van der Waals surface area contributed by atoms with E-state index in [0.29, 0.717) is 12.1 Å². The number of phenols is 1. The Bertz CT molecular complexity index is 345. The van der Waals surface area contributed by atoms with E-state index < -0.39 is 5.67 Å². The minimum absolute atomic E-state index is 0.0502. The van der Waals surface area contributed by atoms with Crippen LogP contribution in [0.2, 0.25) is 0 Å². The van der Waals surface area contributed by atoms with Crippen molar-refractivity contribution in [3.63, 3.8) is 0 Å². The zero-order chi connectivity index (χ0) is 10.9. The lowest BCUT2D eigenvalue weighted by atomic mass is 9.83. The van der Waals surface area contributed by atoms with Gasteiger partial charge in [-0.3, -0.25) is 0 Å². The molecule has 0 amide bonds. The first-order chi connectivity index (χ1) is 7.12. The molecule has 15 heavy (non-hydrogen) atoms. The number of halogens is 1. The third-order valence-corrected chi connectivity index (χ3v) is 3.26. The molecule has 2 nitrogen and oxygen atoms in total. The first-order valence-electron chi connectivity index (χ1n) is 5.30. The molecule has 2 rings (SSSR count). The Hall–Kier alpha value is -1.09. The van der Waals surface area contributed by atoms with Gasteiger partial charge in [0.1, 0.15) is 11.4 Å². The fourth-order valence-electron chi connectivity index (χ4n) is 2.22. The number of hydrogen-bond acceptors (Lipinski definition) is 2. The second-order valence-corrected chi connectivity index (χ2v) is 4.28. The fraction of sp³-hybridized carbons (Fsp3) is 0.500. The van der Waals surface area contributed by atoms with Gasteiger partial charge in [-0.15, -0.1) is 0 Å². The van der Waals surface area contributed by atoms with Gasteiger partial charge in [0.05, 0.1) is 0 Å². The fourth-order valence-corrected chi connectivity index (χ4v) is 2.22. The number of alkyl halides is 1. The highest BCUT2D eigenvalue weighted by molar-refractivity contribution is 5.37. The summed E-state index contributed by atoms with van der Waals surface area (Å²) in [5, 5.41) is 12.8. The predicted octanol–water partition coefficient (Wildman–Crippen LogP) is 2.19. The van der Waals surface area contributed by atoms with Crippen molar-refractivity contribution in [2.24, 2.45) is 5.92 Å². The van der Waals surface area contributed by atoms with Crippen LogP contribution in [0.3, 0.4) is 0 Å². The Morgan fingerprint density at radius 1 is 1.47 bits per heavy atom. The lowest BCUT2D eigenvalue weighted by molar-refractivity contribution is 0.109. The van der Waals surface area contributed by atoms with Crippen LogP contribution in [0.4, 0.5) is 4.39 Å². The van der Waals surface area contributed by atoms with Crippen molar-refractivity contribution in [3.8, 4) is 5.75 Å². The van der Waals surface area contributed by atoms with E-state index in [1.165, 1.54) is 6.07 Å². The Kier molecular flexibility index (Phi) is 2.65. The molecular formula is C12H16FNO. The molecule has 1 saturated heterocycles. The van der Waals surface area contributed by atoms with Crippen LogP contribution in [0.15, 0.2) is 24.3 Å². The maximum atomic E-state index is 14.6. The Balaban J connectivity index is 2.31. The van der Waals surface area contributed by atoms with E-state index in [4.69, 9.17) is 0 Å². The topological polar surface area (TPSA) is 32.3 Å². The van der Waals surface area contributed by atoms with E-state index in [1.54, 1.807) is 25.1 Å². The van der Waals surface area contributed by atoms with Crippen LogP contribution in [-0.4, -0.2) is 18.2 Å². The van der Waals surface area contributed by atoms with E-state index >= 15 is 0 Å². The summed E-state index contributed by atoms with van der Waals surface area (Å²) < 4.78 is 14.6. The molecule has 1 heterocycles. The Morgan fingerprint density at radius 3 is 2.80 bits per heavy atom. The number of phenolic OH excluding ortho intramolecular Hbond substituents is 1. The number of benzene rings is 1. The van der Waals surface area contributed by atoms with Gasteiger partial charge in [0.25, 0.3) is 0 Å². The van der Waals surface area contributed by atoms with Crippen molar-refractivity contribution in [1.82, 2.24) is 5.32 Å². The van der Waals surface area contributed by atoms with Gasteiger partial charge in [0.2, 0.25) is 0 Å². The molecule has 2 atom stereocenters. The summed E-state index contributed by atoms with van der Waals surface area (Å²) in [5.74, 6) is 0.000185. The maximum Gasteiger partial charge on any atom is 0.140 e. The highest BCUT2D eigenvalue weighted by Crippen LogP contribution is 2.40.